The highest BCUT2D eigenvalue weighted by Crippen LogP contribution is 2.11. The van der Waals surface area contributed by atoms with Crippen LogP contribution in [0.2, 0.25) is 0 Å². The van der Waals surface area contributed by atoms with Gasteiger partial charge >= 0.3 is 0 Å². The summed E-state index contributed by atoms with van der Waals surface area (Å²) in [6, 6.07) is 0. The monoisotopic (exact) mass is 337 g/mol. The zero-order chi connectivity index (χ0) is 17.5. The fourth-order valence-electron chi connectivity index (χ4n) is 2.73. The molecule has 2 N–H and O–H groups in total. The Morgan fingerprint density at radius 1 is 1.00 bits per heavy atom. The van der Waals surface area contributed by atoms with Crippen LogP contribution >= 0.6 is 0 Å². The zero-order valence-corrected chi connectivity index (χ0v) is 15.5. The van der Waals surface area contributed by atoms with Crippen molar-refractivity contribution in [2.45, 2.75) is 84.1 Å². The number of amides is 1. The lowest BCUT2D eigenvalue weighted by atomic mass is 10.1. The third-order valence-electron chi connectivity index (χ3n) is 4.18. The molecule has 0 bridgehead atoms. The molecule has 1 aromatic rings. The minimum absolute atomic E-state index is 0.145. The average molecular weight is 338 g/mol. The molecule has 0 saturated heterocycles. The summed E-state index contributed by atoms with van der Waals surface area (Å²) in [5.74, 6) is 0.394. The van der Waals surface area contributed by atoms with E-state index in [-0.39, 0.29) is 5.91 Å². The second-order valence-corrected chi connectivity index (χ2v) is 6.45. The lowest BCUT2D eigenvalue weighted by Crippen LogP contribution is -2.24. The van der Waals surface area contributed by atoms with Crippen LogP contribution in [-0.4, -0.2) is 24.5 Å². The first-order valence-corrected chi connectivity index (χ1v) is 9.65. The minimum Gasteiger partial charge on any atom is -0.447 e. The van der Waals surface area contributed by atoms with Gasteiger partial charge in [0.1, 0.15) is 6.26 Å². The summed E-state index contributed by atoms with van der Waals surface area (Å²) < 4.78 is 5.20. The summed E-state index contributed by atoms with van der Waals surface area (Å²) in [6.45, 7) is 3.51. The molecule has 1 aromatic heterocycles. The van der Waals surface area contributed by atoms with Gasteiger partial charge in [0.2, 0.25) is 5.89 Å². The number of unbranched alkanes of at least 4 members (excludes halogenated alkanes) is 10. The maximum absolute atomic E-state index is 11.9. The van der Waals surface area contributed by atoms with Crippen molar-refractivity contribution in [2.24, 2.45) is 0 Å². The number of oxazole rings is 1. The van der Waals surface area contributed by atoms with Gasteiger partial charge in [-0.2, -0.15) is 0 Å². The summed E-state index contributed by atoms with van der Waals surface area (Å²) in [7, 11) is 1.82. The van der Waals surface area contributed by atoms with Crippen LogP contribution in [0.5, 0.6) is 0 Å². The Bertz CT molecular complexity index is 432. The van der Waals surface area contributed by atoms with Crippen LogP contribution < -0.4 is 10.6 Å². The second kappa shape index (κ2) is 14.0. The van der Waals surface area contributed by atoms with Crippen molar-refractivity contribution in [3.05, 3.63) is 17.8 Å². The predicted molar refractivity (Wildman–Crippen MR) is 98.1 cm³/mol. The van der Waals surface area contributed by atoms with Gasteiger partial charge in [0.05, 0.1) is 6.54 Å². The third-order valence-corrected chi connectivity index (χ3v) is 4.18. The van der Waals surface area contributed by atoms with E-state index in [1.165, 1.54) is 70.5 Å². The summed E-state index contributed by atoms with van der Waals surface area (Å²) in [6.07, 6.45) is 15.8. The van der Waals surface area contributed by atoms with Crippen LogP contribution in [0.3, 0.4) is 0 Å². The zero-order valence-electron chi connectivity index (χ0n) is 15.5. The Balaban J connectivity index is 1.91. The van der Waals surface area contributed by atoms with E-state index in [2.05, 4.69) is 22.5 Å². The lowest BCUT2D eigenvalue weighted by Gasteiger charge is -2.04. The van der Waals surface area contributed by atoms with Crippen molar-refractivity contribution in [1.82, 2.24) is 15.6 Å². The van der Waals surface area contributed by atoms with Crippen molar-refractivity contribution in [3.8, 4) is 0 Å². The van der Waals surface area contributed by atoms with Gasteiger partial charge < -0.3 is 15.1 Å². The van der Waals surface area contributed by atoms with Gasteiger partial charge in [0.15, 0.2) is 5.69 Å². The summed E-state index contributed by atoms with van der Waals surface area (Å²) in [5, 5.41) is 5.84. The molecule has 0 radical (unpaired) electrons. The van der Waals surface area contributed by atoms with E-state index in [0.29, 0.717) is 24.7 Å². The fraction of sp³-hybridized carbons (Fsp3) is 0.789. The van der Waals surface area contributed by atoms with Crippen LogP contribution in [-0.2, 0) is 6.54 Å². The van der Waals surface area contributed by atoms with E-state index < -0.39 is 0 Å². The molecule has 5 heteroatoms. The van der Waals surface area contributed by atoms with Crippen LogP contribution in [0.25, 0.3) is 0 Å². The standard InChI is InChI=1S/C19H35N3O2/c1-3-4-5-6-7-8-9-10-11-12-13-14-21-19(23)17-16-24-18(22-17)15-20-2/h16,20H,3-15H2,1-2H3,(H,21,23). The molecule has 0 aromatic carbocycles. The maximum atomic E-state index is 11.9. The van der Waals surface area contributed by atoms with Crippen molar-refractivity contribution in [1.29, 1.82) is 0 Å². The number of carbonyl (C=O) groups is 1. The Morgan fingerprint density at radius 2 is 1.58 bits per heavy atom. The van der Waals surface area contributed by atoms with Gasteiger partial charge in [-0.05, 0) is 13.5 Å². The molecule has 1 rings (SSSR count). The molecular weight excluding hydrogens is 302 g/mol. The van der Waals surface area contributed by atoms with Crippen molar-refractivity contribution < 1.29 is 9.21 Å². The van der Waals surface area contributed by atoms with E-state index in [0.717, 1.165) is 6.42 Å². The van der Waals surface area contributed by atoms with Gasteiger partial charge in [0, 0.05) is 6.54 Å². The van der Waals surface area contributed by atoms with E-state index in [9.17, 15) is 4.79 Å². The van der Waals surface area contributed by atoms with Crippen LogP contribution in [0.15, 0.2) is 10.7 Å². The molecule has 1 heterocycles. The first-order valence-electron chi connectivity index (χ1n) is 9.65. The number of nitrogens with one attached hydrogen (secondary N) is 2. The molecular formula is C19H35N3O2. The molecule has 0 aliphatic rings. The smallest absolute Gasteiger partial charge is 0.273 e. The summed E-state index contributed by atoms with van der Waals surface area (Å²) in [4.78, 5) is 16.0. The lowest BCUT2D eigenvalue weighted by molar-refractivity contribution is 0.0948. The minimum atomic E-state index is -0.145. The van der Waals surface area contributed by atoms with Crippen LogP contribution in [0, 0.1) is 0 Å². The van der Waals surface area contributed by atoms with Crippen LogP contribution in [0.4, 0.5) is 0 Å². The largest absolute Gasteiger partial charge is 0.447 e. The van der Waals surface area contributed by atoms with E-state index in [1.54, 1.807) is 0 Å². The molecule has 0 saturated carbocycles. The first-order chi connectivity index (χ1) is 11.8. The highest BCUT2D eigenvalue weighted by Gasteiger charge is 2.10. The highest BCUT2D eigenvalue weighted by molar-refractivity contribution is 5.91. The number of nitrogens with zero attached hydrogens (tertiary/aromatic N) is 1. The molecule has 5 nitrogen and oxygen atoms in total. The van der Waals surface area contributed by atoms with Gasteiger partial charge in [0.25, 0.3) is 5.91 Å². The van der Waals surface area contributed by atoms with Gasteiger partial charge in [-0.3, -0.25) is 4.79 Å². The molecule has 0 atom stereocenters. The molecule has 0 aliphatic carbocycles. The van der Waals surface area contributed by atoms with E-state index in [4.69, 9.17) is 4.42 Å². The highest BCUT2D eigenvalue weighted by atomic mass is 16.3. The first kappa shape index (κ1) is 20.7. The fourth-order valence-corrected chi connectivity index (χ4v) is 2.73. The SMILES string of the molecule is CCCCCCCCCCCCCNC(=O)c1coc(CNC)n1. The average Bonchev–Trinajstić information content (AvgIpc) is 3.05. The van der Waals surface area contributed by atoms with Gasteiger partial charge in [-0.1, -0.05) is 71.1 Å². The number of hydrogen-bond donors (Lipinski definition) is 2. The normalized spacial score (nSPS) is 10.9. The molecule has 1 amide bonds. The molecule has 24 heavy (non-hydrogen) atoms. The van der Waals surface area contributed by atoms with Gasteiger partial charge in [-0.15, -0.1) is 0 Å². The van der Waals surface area contributed by atoms with Crippen molar-refractivity contribution in [3.63, 3.8) is 0 Å². The Morgan fingerprint density at radius 3 is 2.17 bits per heavy atom. The molecule has 0 fully saturated rings. The third kappa shape index (κ3) is 9.71. The van der Waals surface area contributed by atoms with Gasteiger partial charge in [-0.25, -0.2) is 4.98 Å². The van der Waals surface area contributed by atoms with Crippen molar-refractivity contribution in [2.75, 3.05) is 13.6 Å². The number of aromatic nitrogens is 1. The Kier molecular flexibility index (Phi) is 12.1. The quantitative estimate of drug-likeness (QED) is 0.464. The predicted octanol–water partition coefficient (Wildman–Crippen LogP) is 4.43. The summed E-state index contributed by atoms with van der Waals surface area (Å²) in [5.41, 5.74) is 0.364. The molecule has 0 unspecified atom stereocenters. The number of hydrogen-bond acceptors (Lipinski definition) is 4. The van der Waals surface area contributed by atoms with E-state index in [1.807, 2.05) is 7.05 Å². The summed E-state index contributed by atoms with van der Waals surface area (Å²) >= 11 is 0. The topological polar surface area (TPSA) is 67.2 Å². The van der Waals surface area contributed by atoms with Crippen LogP contribution in [0.1, 0.15) is 93.9 Å². The second-order valence-electron chi connectivity index (χ2n) is 6.45. The Hall–Kier alpha value is -1.36. The maximum Gasteiger partial charge on any atom is 0.273 e. The number of rotatable bonds is 15. The number of carbonyl (C=O) groups excluding carboxylic acids is 1. The van der Waals surface area contributed by atoms with Crippen molar-refractivity contribution >= 4 is 5.91 Å². The van der Waals surface area contributed by atoms with E-state index >= 15 is 0 Å². The molecule has 138 valence electrons. The molecule has 0 spiro atoms. The Labute approximate surface area is 147 Å². The molecule has 0 aliphatic heterocycles.